The van der Waals surface area contributed by atoms with E-state index in [1.54, 1.807) is 0 Å². The molecule has 2 heterocycles. The molecule has 0 unspecified atom stereocenters. The van der Waals surface area contributed by atoms with E-state index in [0.29, 0.717) is 11.8 Å². The first-order valence-electron chi connectivity index (χ1n) is 20.5. The second-order valence-electron chi connectivity index (χ2n) is 17.1. The highest BCUT2D eigenvalue weighted by molar-refractivity contribution is 5.73. The summed E-state index contributed by atoms with van der Waals surface area (Å²) in [5, 5.41) is 8.44. The van der Waals surface area contributed by atoms with Crippen LogP contribution in [0, 0.1) is 0 Å². The number of rotatable bonds is 7. The van der Waals surface area contributed by atoms with Crippen molar-refractivity contribution in [3.8, 4) is 73.5 Å². The van der Waals surface area contributed by atoms with Crippen LogP contribution in [-0.4, -0.2) is 19.7 Å². The Morgan fingerprint density at radius 3 is 1.15 bits per heavy atom. The van der Waals surface area contributed by atoms with Gasteiger partial charge >= 0.3 is 0 Å². The van der Waals surface area contributed by atoms with E-state index in [1.165, 1.54) is 27.8 Å². The largest absolute Gasteiger partial charge is 0.416 e. The predicted molar refractivity (Wildman–Crippen MR) is 248 cm³/mol. The van der Waals surface area contributed by atoms with Crippen LogP contribution in [0.1, 0.15) is 52.7 Å². The van der Waals surface area contributed by atoms with Gasteiger partial charge in [-0.3, -0.25) is 4.57 Å². The van der Waals surface area contributed by atoms with Crippen molar-refractivity contribution in [2.75, 3.05) is 0 Å². The molecular weight excluding hydrogens is 733 g/mol. The standard InChI is InChI=1S/C31H28N2.C24H22N2O/c1-31(2,3)27-20-18-25(19-21-27)29-22-32-30(33(29)28-12-8-5-9-13-28)26-16-14-24(15-17-26)23-10-6-4-7-11-23;1-24(2,3)21-15-13-20(14-16-21)23-26-25-22(27-23)19-11-9-18(10-12-19)17-7-5-4-6-8-17/h4-22H,1-3H3;4-16H,1-3H3. The minimum atomic E-state index is 0.124. The van der Waals surface area contributed by atoms with Crippen LogP contribution in [-0.2, 0) is 10.8 Å². The number of nitrogens with zero attached hydrogens (tertiary/aromatic N) is 4. The summed E-state index contributed by atoms with van der Waals surface area (Å²) in [5.74, 6) is 2.01. The van der Waals surface area contributed by atoms with Crippen molar-refractivity contribution in [3.63, 3.8) is 0 Å². The van der Waals surface area contributed by atoms with E-state index in [-0.39, 0.29) is 10.8 Å². The molecule has 0 aliphatic heterocycles. The SMILES string of the molecule is CC(C)(C)c1ccc(-c2cnc(-c3ccc(-c4ccccc4)cc3)n2-c2ccccc2)cc1.CC(C)(C)c1ccc(-c2nnc(-c3ccc(-c4ccccc4)cc3)o2)cc1. The second-order valence-corrected chi connectivity index (χ2v) is 17.1. The maximum absolute atomic E-state index is 5.90. The normalized spacial score (nSPS) is 11.5. The molecule has 9 rings (SSSR count). The van der Waals surface area contributed by atoms with Gasteiger partial charge in [-0.05, 0) is 80.6 Å². The minimum Gasteiger partial charge on any atom is -0.416 e. The van der Waals surface area contributed by atoms with E-state index in [4.69, 9.17) is 9.40 Å². The molecule has 0 spiro atoms. The summed E-state index contributed by atoms with van der Waals surface area (Å²) in [6, 6.07) is 65.3. The zero-order valence-corrected chi connectivity index (χ0v) is 35.2. The Bertz CT molecular complexity index is 2750. The van der Waals surface area contributed by atoms with E-state index in [0.717, 1.165) is 45.0 Å². The first kappa shape index (κ1) is 39.7. The molecule has 0 atom stereocenters. The molecule has 296 valence electrons. The molecule has 0 bridgehead atoms. The Balaban J connectivity index is 0.000000170. The Morgan fingerprint density at radius 1 is 0.367 bits per heavy atom. The summed E-state index contributed by atoms with van der Waals surface area (Å²) in [6.45, 7) is 13.3. The van der Waals surface area contributed by atoms with Crippen LogP contribution >= 0.6 is 0 Å². The fourth-order valence-corrected chi connectivity index (χ4v) is 7.19. The number of hydrogen-bond donors (Lipinski definition) is 0. The van der Waals surface area contributed by atoms with E-state index < -0.39 is 0 Å². The smallest absolute Gasteiger partial charge is 0.248 e. The van der Waals surface area contributed by atoms with Gasteiger partial charge in [-0.2, -0.15) is 0 Å². The zero-order valence-electron chi connectivity index (χ0n) is 35.2. The molecule has 60 heavy (non-hydrogen) atoms. The lowest BCUT2D eigenvalue weighted by atomic mass is 9.86. The summed E-state index contributed by atoms with van der Waals surface area (Å²) in [5.41, 5.74) is 13.9. The summed E-state index contributed by atoms with van der Waals surface area (Å²) in [6.07, 6.45) is 1.99. The molecule has 0 saturated carbocycles. The lowest BCUT2D eigenvalue weighted by molar-refractivity contribution is 0.582. The van der Waals surface area contributed by atoms with E-state index in [1.807, 2.05) is 60.8 Å². The maximum Gasteiger partial charge on any atom is 0.248 e. The first-order chi connectivity index (χ1) is 29.0. The molecule has 7 aromatic carbocycles. The van der Waals surface area contributed by atoms with Crippen molar-refractivity contribution in [2.24, 2.45) is 0 Å². The van der Waals surface area contributed by atoms with Crippen LogP contribution in [0.2, 0.25) is 0 Å². The molecule has 5 nitrogen and oxygen atoms in total. The molecule has 0 fully saturated rings. The van der Waals surface area contributed by atoms with Gasteiger partial charge in [0.05, 0.1) is 11.9 Å². The van der Waals surface area contributed by atoms with Crippen LogP contribution in [0.3, 0.4) is 0 Å². The van der Waals surface area contributed by atoms with Crippen molar-refractivity contribution >= 4 is 0 Å². The molecule has 0 amide bonds. The van der Waals surface area contributed by atoms with Gasteiger partial charge in [-0.15, -0.1) is 10.2 Å². The molecule has 2 aromatic heterocycles. The van der Waals surface area contributed by atoms with Gasteiger partial charge in [0.2, 0.25) is 11.8 Å². The second kappa shape index (κ2) is 17.0. The minimum absolute atomic E-state index is 0.124. The third kappa shape index (κ3) is 8.96. The Hall–Kier alpha value is -7.11. The molecule has 0 radical (unpaired) electrons. The Morgan fingerprint density at radius 2 is 0.717 bits per heavy atom. The summed E-state index contributed by atoms with van der Waals surface area (Å²) in [7, 11) is 0. The van der Waals surface area contributed by atoms with Gasteiger partial charge in [0.25, 0.3) is 0 Å². The third-order valence-electron chi connectivity index (χ3n) is 10.7. The van der Waals surface area contributed by atoms with Crippen molar-refractivity contribution in [3.05, 3.63) is 205 Å². The number of imidazole rings is 1. The molecule has 0 saturated heterocycles. The lowest BCUT2D eigenvalue weighted by Gasteiger charge is -2.19. The average Bonchev–Trinajstić information content (AvgIpc) is 3.97. The predicted octanol–water partition coefficient (Wildman–Crippen LogP) is 14.5. The topological polar surface area (TPSA) is 56.7 Å². The van der Waals surface area contributed by atoms with Crippen LogP contribution in [0.15, 0.2) is 199 Å². The van der Waals surface area contributed by atoms with Crippen LogP contribution in [0.4, 0.5) is 0 Å². The molecular formula is C55H50N4O. The molecule has 0 aliphatic rings. The van der Waals surface area contributed by atoms with Crippen LogP contribution in [0.5, 0.6) is 0 Å². The molecule has 0 N–H and O–H groups in total. The van der Waals surface area contributed by atoms with Gasteiger partial charge in [0.15, 0.2) is 0 Å². The van der Waals surface area contributed by atoms with Gasteiger partial charge in [-0.1, -0.05) is 193 Å². The summed E-state index contributed by atoms with van der Waals surface area (Å²) in [4.78, 5) is 4.88. The number of aromatic nitrogens is 4. The molecule has 0 aliphatic carbocycles. The van der Waals surface area contributed by atoms with E-state index >= 15 is 0 Å². The van der Waals surface area contributed by atoms with Crippen molar-refractivity contribution in [1.82, 2.24) is 19.7 Å². The van der Waals surface area contributed by atoms with E-state index in [2.05, 4.69) is 190 Å². The summed E-state index contributed by atoms with van der Waals surface area (Å²) >= 11 is 0. The van der Waals surface area contributed by atoms with Gasteiger partial charge in [0, 0.05) is 27.9 Å². The monoisotopic (exact) mass is 782 g/mol. The fourth-order valence-electron chi connectivity index (χ4n) is 7.19. The highest BCUT2D eigenvalue weighted by Gasteiger charge is 2.18. The van der Waals surface area contributed by atoms with Gasteiger partial charge < -0.3 is 4.42 Å². The zero-order chi connectivity index (χ0) is 41.7. The van der Waals surface area contributed by atoms with Crippen molar-refractivity contribution < 1.29 is 4.42 Å². The van der Waals surface area contributed by atoms with Crippen LogP contribution in [0.25, 0.3) is 73.5 Å². The Labute approximate surface area is 354 Å². The number of benzene rings is 7. The van der Waals surface area contributed by atoms with Gasteiger partial charge in [-0.25, -0.2) is 4.98 Å². The Kier molecular flexibility index (Phi) is 11.3. The third-order valence-corrected chi connectivity index (χ3v) is 10.7. The van der Waals surface area contributed by atoms with Crippen molar-refractivity contribution in [1.29, 1.82) is 0 Å². The molecule has 5 heteroatoms. The number of hydrogen-bond acceptors (Lipinski definition) is 4. The average molecular weight is 783 g/mol. The highest BCUT2D eigenvalue weighted by Crippen LogP contribution is 2.34. The van der Waals surface area contributed by atoms with Crippen LogP contribution < -0.4 is 0 Å². The first-order valence-corrected chi connectivity index (χ1v) is 20.5. The quantitative estimate of drug-likeness (QED) is 0.162. The summed E-state index contributed by atoms with van der Waals surface area (Å²) < 4.78 is 8.16. The maximum atomic E-state index is 5.90. The lowest BCUT2D eigenvalue weighted by Crippen LogP contribution is -2.10. The van der Waals surface area contributed by atoms with Gasteiger partial charge in [0.1, 0.15) is 5.82 Å². The molecule has 9 aromatic rings. The highest BCUT2D eigenvalue weighted by atomic mass is 16.4. The van der Waals surface area contributed by atoms with Crippen molar-refractivity contribution in [2.45, 2.75) is 52.4 Å². The number of para-hydroxylation sites is 1. The van der Waals surface area contributed by atoms with E-state index in [9.17, 15) is 0 Å². The fraction of sp³-hybridized carbons (Fsp3) is 0.145.